The van der Waals surface area contributed by atoms with Crippen molar-refractivity contribution in [3.8, 4) is 0 Å². The molecule has 0 saturated heterocycles. The van der Waals surface area contributed by atoms with Crippen LogP contribution in [0.4, 0.5) is 24.7 Å². The molecule has 34 heavy (non-hydrogen) atoms. The third-order valence-electron chi connectivity index (χ3n) is 6.44. The number of benzene rings is 2. The Morgan fingerprint density at radius 1 is 1.21 bits per heavy atom. The van der Waals surface area contributed by atoms with Gasteiger partial charge in [0.05, 0.1) is 23.0 Å². The highest BCUT2D eigenvalue weighted by Crippen LogP contribution is 2.42. The highest BCUT2D eigenvalue weighted by Gasteiger charge is 2.49. The summed E-state index contributed by atoms with van der Waals surface area (Å²) >= 11 is 0. The third-order valence-corrected chi connectivity index (χ3v) is 6.44. The molecule has 2 aromatic carbocycles. The van der Waals surface area contributed by atoms with E-state index in [-0.39, 0.29) is 17.4 Å². The smallest absolute Gasteiger partial charge is 0.303 e. The molecule has 1 aliphatic rings. The Balaban J connectivity index is 1.77. The maximum atomic E-state index is 15.3. The molecule has 2 heterocycles. The van der Waals surface area contributed by atoms with Gasteiger partial charge >= 0.3 is 5.92 Å². The molecule has 2 unspecified atom stereocenters. The molecule has 9 heteroatoms. The van der Waals surface area contributed by atoms with Crippen molar-refractivity contribution < 1.29 is 23.1 Å². The van der Waals surface area contributed by atoms with E-state index < -0.39 is 28.9 Å². The summed E-state index contributed by atoms with van der Waals surface area (Å²) in [5, 5.41) is 13.7. The molecule has 1 aliphatic heterocycles. The van der Waals surface area contributed by atoms with Crippen LogP contribution in [0.15, 0.2) is 30.3 Å². The Morgan fingerprint density at radius 3 is 2.53 bits per heavy atom. The molecule has 0 radical (unpaired) electrons. The second-order valence-corrected chi connectivity index (χ2v) is 9.37. The number of fused-ring (bicyclic) bond motifs is 2. The second-order valence-electron chi connectivity index (χ2n) is 9.37. The Morgan fingerprint density at radius 2 is 1.88 bits per heavy atom. The molecule has 4 rings (SSSR count). The minimum Gasteiger partial charge on any atom is -0.384 e. The molecule has 6 nitrogen and oxygen atoms in total. The van der Waals surface area contributed by atoms with Crippen molar-refractivity contribution in [3.63, 3.8) is 0 Å². The molecular weight excluding hydrogens is 445 g/mol. The standard InChI is InChI=1S/C25H27F3N4O2/c1-12-16-10-17-19(11-20(16)32(6)23(12)33)30-14(3)31-22(17)29-13(2)15-8-7-9-18(21(15)26)25(27,28)24(4,5)34/h7-13,34H,1-6H3,(H,29,30,31). The van der Waals surface area contributed by atoms with Gasteiger partial charge in [-0.25, -0.2) is 14.4 Å². The van der Waals surface area contributed by atoms with Crippen molar-refractivity contribution in [2.45, 2.75) is 58.1 Å². The zero-order valence-corrected chi connectivity index (χ0v) is 19.9. The van der Waals surface area contributed by atoms with E-state index in [1.54, 1.807) is 25.8 Å². The summed E-state index contributed by atoms with van der Waals surface area (Å²) in [5.74, 6) is -4.36. The number of carbonyl (C=O) groups is 1. The number of likely N-dealkylation sites (N-methyl/N-ethyl adjacent to an activating group) is 1. The predicted molar refractivity (Wildman–Crippen MR) is 125 cm³/mol. The summed E-state index contributed by atoms with van der Waals surface area (Å²) < 4.78 is 44.7. The van der Waals surface area contributed by atoms with E-state index in [4.69, 9.17) is 0 Å². The first-order chi connectivity index (χ1) is 15.7. The summed E-state index contributed by atoms with van der Waals surface area (Å²) in [7, 11) is 1.71. The number of halogens is 3. The first kappa shape index (κ1) is 23.9. The van der Waals surface area contributed by atoms with Crippen molar-refractivity contribution in [3.05, 3.63) is 58.7 Å². The summed E-state index contributed by atoms with van der Waals surface area (Å²) in [4.78, 5) is 23.0. The zero-order chi connectivity index (χ0) is 25.2. The maximum absolute atomic E-state index is 15.3. The maximum Gasteiger partial charge on any atom is 0.303 e. The molecule has 0 spiro atoms. The number of nitrogens with zero attached hydrogens (tertiary/aromatic N) is 3. The number of aryl methyl sites for hydroxylation is 1. The van der Waals surface area contributed by atoms with Crippen LogP contribution in [0.25, 0.3) is 10.9 Å². The number of hydrogen-bond donors (Lipinski definition) is 2. The quantitative estimate of drug-likeness (QED) is 0.534. The molecule has 0 bridgehead atoms. The van der Waals surface area contributed by atoms with Gasteiger partial charge < -0.3 is 15.3 Å². The van der Waals surface area contributed by atoms with Gasteiger partial charge in [0.15, 0.2) is 0 Å². The average molecular weight is 473 g/mol. The van der Waals surface area contributed by atoms with E-state index in [9.17, 15) is 18.7 Å². The van der Waals surface area contributed by atoms with Crippen LogP contribution in [0, 0.1) is 12.7 Å². The first-order valence-corrected chi connectivity index (χ1v) is 11.0. The molecule has 0 aliphatic carbocycles. The number of amides is 1. The summed E-state index contributed by atoms with van der Waals surface area (Å²) in [6, 6.07) is 6.67. The number of alkyl halides is 2. The number of carbonyl (C=O) groups excluding carboxylic acids is 1. The Bertz CT molecular complexity index is 1300. The Labute approximate surface area is 195 Å². The Kier molecular flexibility index (Phi) is 5.59. The highest BCUT2D eigenvalue weighted by molar-refractivity contribution is 6.07. The van der Waals surface area contributed by atoms with Crippen molar-refractivity contribution in [1.29, 1.82) is 0 Å². The van der Waals surface area contributed by atoms with Gasteiger partial charge in [-0.3, -0.25) is 4.79 Å². The topological polar surface area (TPSA) is 78.4 Å². The number of nitrogens with one attached hydrogen (secondary N) is 1. The number of aliphatic hydroxyl groups is 1. The van der Waals surface area contributed by atoms with Crippen LogP contribution in [-0.4, -0.2) is 33.6 Å². The van der Waals surface area contributed by atoms with Crippen LogP contribution in [0.2, 0.25) is 0 Å². The molecule has 3 aromatic rings. The van der Waals surface area contributed by atoms with Crippen LogP contribution in [0.1, 0.15) is 62.2 Å². The fourth-order valence-corrected chi connectivity index (χ4v) is 4.33. The lowest BCUT2D eigenvalue weighted by molar-refractivity contribution is -0.170. The SMILES string of the molecule is Cc1nc(NC(C)c2cccc(C(F)(F)C(C)(C)O)c2F)c2cc3c(cc2n1)N(C)C(=O)C3C. The molecule has 0 fully saturated rings. The van der Waals surface area contributed by atoms with Gasteiger partial charge in [0.1, 0.15) is 23.1 Å². The molecule has 0 saturated carbocycles. The molecule has 1 amide bonds. The fourth-order valence-electron chi connectivity index (χ4n) is 4.33. The number of anilines is 2. The zero-order valence-electron chi connectivity index (χ0n) is 19.9. The fraction of sp³-hybridized carbons (Fsp3) is 0.400. The van der Waals surface area contributed by atoms with Crippen LogP contribution in [0.3, 0.4) is 0 Å². The summed E-state index contributed by atoms with van der Waals surface area (Å²) in [6.45, 7) is 7.06. The lowest BCUT2D eigenvalue weighted by atomic mass is 9.91. The highest BCUT2D eigenvalue weighted by atomic mass is 19.3. The number of aromatic nitrogens is 2. The summed E-state index contributed by atoms with van der Waals surface area (Å²) in [6.07, 6.45) is 0. The largest absolute Gasteiger partial charge is 0.384 e. The van der Waals surface area contributed by atoms with Gasteiger partial charge in [-0.1, -0.05) is 12.1 Å². The molecule has 1 aromatic heterocycles. The number of rotatable bonds is 5. The van der Waals surface area contributed by atoms with E-state index in [0.717, 1.165) is 31.2 Å². The molecule has 2 N–H and O–H groups in total. The monoisotopic (exact) mass is 472 g/mol. The van der Waals surface area contributed by atoms with Gasteiger partial charge in [-0.2, -0.15) is 8.78 Å². The van der Waals surface area contributed by atoms with Crippen molar-refractivity contribution >= 4 is 28.3 Å². The van der Waals surface area contributed by atoms with E-state index in [0.29, 0.717) is 22.5 Å². The molecule has 2 atom stereocenters. The lowest BCUT2D eigenvalue weighted by Crippen LogP contribution is -2.41. The van der Waals surface area contributed by atoms with Gasteiger partial charge in [0.25, 0.3) is 0 Å². The predicted octanol–water partition coefficient (Wildman–Crippen LogP) is 5.19. The average Bonchev–Trinajstić information content (AvgIpc) is 2.95. The summed E-state index contributed by atoms with van der Waals surface area (Å²) in [5.41, 5.74) is -1.09. The molecular formula is C25H27F3N4O2. The van der Waals surface area contributed by atoms with E-state index in [1.165, 1.54) is 12.1 Å². The van der Waals surface area contributed by atoms with Crippen LogP contribution >= 0.6 is 0 Å². The van der Waals surface area contributed by atoms with Crippen molar-refractivity contribution in [1.82, 2.24) is 9.97 Å². The van der Waals surface area contributed by atoms with E-state index >= 15 is 4.39 Å². The minimum atomic E-state index is -3.79. The van der Waals surface area contributed by atoms with Crippen LogP contribution in [-0.2, 0) is 10.7 Å². The number of hydrogen-bond acceptors (Lipinski definition) is 5. The van der Waals surface area contributed by atoms with E-state index in [2.05, 4.69) is 15.3 Å². The third kappa shape index (κ3) is 3.68. The van der Waals surface area contributed by atoms with E-state index in [1.807, 2.05) is 19.1 Å². The van der Waals surface area contributed by atoms with Gasteiger partial charge in [-0.05, 0) is 58.4 Å². The van der Waals surface area contributed by atoms with Crippen LogP contribution < -0.4 is 10.2 Å². The Hall–Kier alpha value is -3.20. The van der Waals surface area contributed by atoms with Gasteiger partial charge in [0, 0.05) is 23.7 Å². The van der Waals surface area contributed by atoms with Crippen LogP contribution in [0.5, 0.6) is 0 Å². The van der Waals surface area contributed by atoms with Gasteiger partial charge in [0.2, 0.25) is 5.91 Å². The lowest BCUT2D eigenvalue weighted by Gasteiger charge is -2.30. The second kappa shape index (κ2) is 7.94. The normalized spacial score (nSPS) is 17.3. The van der Waals surface area contributed by atoms with Crippen molar-refractivity contribution in [2.75, 3.05) is 17.3 Å². The van der Waals surface area contributed by atoms with Crippen molar-refractivity contribution in [2.24, 2.45) is 0 Å². The molecule has 180 valence electrons. The minimum absolute atomic E-state index is 0.00952. The van der Waals surface area contributed by atoms with Gasteiger partial charge in [-0.15, -0.1) is 0 Å². The first-order valence-electron chi connectivity index (χ1n) is 11.0.